The maximum absolute atomic E-state index is 12.0. The first kappa shape index (κ1) is 11.2. The molecule has 0 N–H and O–H groups in total. The highest BCUT2D eigenvalue weighted by Crippen LogP contribution is 2.72. The third-order valence-corrected chi connectivity index (χ3v) is 5.32. The lowest BCUT2D eigenvalue weighted by Crippen LogP contribution is -2.44. The van der Waals surface area contributed by atoms with Crippen molar-refractivity contribution in [3.63, 3.8) is 0 Å². The van der Waals surface area contributed by atoms with E-state index in [4.69, 9.17) is 4.74 Å². The van der Waals surface area contributed by atoms with Gasteiger partial charge in [-0.2, -0.15) is 10.2 Å². The Hall–Kier alpha value is -0.930. The first-order valence-corrected chi connectivity index (χ1v) is 6.64. The van der Waals surface area contributed by atoms with E-state index < -0.39 is 5.54 Å². The number of methoxy groups -OCH3 is 1. The van der Waals surface area contributed by atoms with Crippen molar-refractivity contribution in [2.75, 3.05) is 13.7 Å². The largest absolute Gasteiger partial charge is 0.467 e. The molecule has 0 bridgehead atoms. The van der Waals surface area contributed by atoms with E-state index in [1.54, 1.807) is 0 Å². The fraction of sp³-hybridized carbons (Fsp3) is 0.923. The highest BCUT2D eigenvalue weighted by Gasteiger charge is 2.76. The van der Waals surface area contributed by atoms with Crippen molar-refractivity contribution in [2.24, 2.45) is 27.5 Å². The van der Waals surface area contributed by atoms with Gasteiger partial charge in [0.25, 0.3) is 0 Å². The van der Waals surface area contributed by atoms with Crippen LogP contribution in [0.1, 0.15) is 39.0 Å². The number of nitrogens with zero attached hydrogens (tertiary/aromatic N) is 2. The third-order valence-electron chi connectivity index (χ3n) is 5.32. The van der Waals surface area contributed by atoms with Gasteiger partial charge in [-0.15, -0.1) is 0 Å². The maximum atomic E-state index is 12.0. The lowest BCUT2D eigenvalue weighted by atomic mass is 9.79. The molecule has 0 amide bonds. The summed E-state index contributed by atoms with van der Waals surface area (Å²) in [6, 6.07) is 0. The van der Waals surface area contributed by atoms with Gasteiger partial charge in [0.1, 0.15) is 0 Å². The number of ether oxygens (including phenoxy) is 1. The Morgan fingerprint density at radius 3 is 2.47 bits per heavy atom. The average molecular weight is 236 g/mol. The zero-order chi connectivity index (χ0) is 12.1. The van der Waals surface area contributed by atoms with Gasteiger partial charge in [0.15, 0.2) is 5.54 Å². The summed E-state index contributed by atoms with van der Waals surface area (Å²) >= 11 is 0. The van der Waals surface area contributed by atoms with Crippen LogP contribution in [0.2, 0.25) is 0 Å². The Morgan fingerprint density at radius 2 is 1.88 bits per heavy atom. The minimum atomic E-state index is -0.714. The fourth-order valence-corrected chi connectivity index (χ4v) is 4.35. The van der Waals surface area contributed by atoms with Crippen molar-refractivity contribution in [2.45, 2.75) is 44.6 Å². The summed E-state index contributed by atoms with van der Waals surface area (Å²) in [6.45, 7) is 2.65. The van der Waals surface area contributed by atoms with E-state index in [1.165, 1.54) is 39.2 Å². The second-order valence-corrected chi connectivity index (χ2v) is 5.85. The molecule has 3 aliphatic rings. The molecule has 17 heavy (non-hydrogen) atoms. The van der Waals surface area contributed by atoms with Crippen molar-refractivity contribution in [1.82, 2.24) is 0 Å². The number of carbonyl (C=O) groups excluding carboxylic acids is 1. The van der Waals surface area contributed by atoms with Crippen LogP contribution in [-0.4, -0.2) is 25.2 Å². The molecule has 2 fully saturated rings. The number of esters is 1. The number of rotatable bonds is 1. The summed E-state index contributed by atoms with van der Waals surface area (Å²) < 4.78 is 4.96. The van der Waals surface area contributed by atoms with Crippen LogP contribution in [0.4, 0.5) is 0 Å². The van der Waals surface area contributed by atoms with Crippen LogP contribution in [0.15, 0.2) is 10.2 Å². The number of hydrogen-bond acceptors (Lipinski definition) is 4. The monoisotopic (exact) mass is 236 g/mol. The lowest BCUT2D eigenvalue weighted by molar-refractivity contribution is -0.148. The molecule has 4 atom stereocenters. The van der Waals surface area contributed by atoms with E-state index in [0.717, 1.165) is 6.54 Å². The zero-order valence-electron chi connectivity index (χ0n) is 10.6. The van der Waals surface area contributed by atoms with Crippen molar-refractivity contribution < 1.29 is 9.53 Å². The Morgan fingerprint density at radius 1 is 1.24 bits per heavy atom. The van der Waals surface area contributed by atoms with Crippen LogP contribution in [0.5, 0.6) is 0 Å². The zero-order valence-corrected chi connectivity index (χ0v) is 10.6. The minimum Gasteiger partial charge on any atom is -0.467 e. The molecular weight excluding hydrogens is 216 g/mol. The van der Waals surface area contributed by atoms with Gasteiger partial charge < -0.3 is 4.74 Å². The predicted octanol–water partition coefficient (Wildman–Crippen LogP) is 2.58. The summed E-state index contributed by atoms with van der Waals surface area (Å²) in [5.41, 5.74) is -0.713. The second kappa shape index (κ2) is 3.53. The molecule has 2 saturated carbocycles. The summed E-state index contributed by atoms with van der Waals surface area (Å²) in [6.07, 6.45) is 6.40. The molecule has 4 nitrogen and oxygen atoms in total. The van der Waals surface area contributed by atoms with E-state index in [0.29, 0.717) is 11.8 Å². The van der Waals surface area contributed by atoms with Crippen molar-refractivity contribution >= 4 is 5.97 Å². The predicted molar refractivity (Wildman–Crippen MR) is 62.6 cm³/mol. The Kier molecular flexibility index (Phi) is 2.32. The van der Waals surface area contributed by atoms with Crippen molar-refractivity contribution in [1.29, 1.82) is 0 Å². The molecule has 1 heterocycles. The number of carbonyl (C=O) groups is 1. The van der Waals surface area contributed by atoms with Gasteiger partial charge in [0, 0.05) is 5.41 Å². The highest BCUT2D eigenvalue weighted by atomic mass is 16.5. The van der Waals surface area contributed by atoms with Crippen LogP contribution in [0, 0.1) is 17.3 Å². The van der Waals surface area contributed by atoms with Crippen LogP contribution in [-0.2, 0) is 9.53 Å². The second-order valence-electron chi connectivity index (χ2n) is 5.85. The molecular formula is C13H20N2O2. The van der Waals surface area contributed by atoms with Crippen LogP contribution in [0.3, 0.4) is 0 Å². The Labute approximate surface area is 102 Å². The highest BCUT2D eigenvalue weighted by molar-refractivity contribution is 5.83. The van der Waals surface area contributed by atoms with Crippen molar-refractivity contribution in [3.05, 3.63) is 0 Å². The van der Waals surface area contributed by atoms with Gasteiger partial charge in [0.05, 0.1) is 13.7 Å². The molecule has 0 radical (unpaired) electrons. The third kappa shape index (κ3) is 1.21. The molecule has 3 rings (SSSR count). The van der Waals surface area contributed by atoms with Gasteiger partial charge in [-0.1, -0.05) is 19.3 Å². The van der Waals surface area contributed by atoms with Gasteiger partial charge in [-0.3, -0.25) is 0 Å². The van der Waals surface area contributed by atoms with Crippen LogP contribution in [0.25, 0.3) is 0 Å². The molecule has 1 spiro atoms. The molecule has 0 saturated heterocycles. The standard InChI is InChI=1S/C13H20N2O2/c1-12(11(16)17-2)13(8-14-15-12)9-6-4-3-5-7-10(9)13/h9-10H,3-8H2,1-2H3/t9-,10+,12?,13?. The summed E-state index contributed by atoms with van der Waals surface area (Å²) in [4.78, 5) is 12.0. The van der Waals surface area contributed by atoms with Crippen molar-refractivity contribution in [3.8, 4) is 0 Å². The molecule has 0 aromatic heterocycles. The van der Waals surface area contributed by atoms with E-state index in [-0.39, 0.29) is 11.4 Å². The van der Waals surface area contributed by atoms with Gasteiger partial charge in [0.2, 0.25) is 0 Å². The van der Waals surface area contributed by atoms with Gasteiger partial charge in [-0.05, 0) is 31.6 Å². The first-order valence-electron chi connectivity index (χ1n) is 6.64. The molecule has 2 aliphatic carbocycles. The summed E-state index contributed by atoms with van der Waals surface area (Å²) in [5.74, 6) is 1.08. The first-order chi connectivity index (χ1) is 8.17. The van der Waals surface area contributed by atoms with Crippen LogP contribution >= 0.6 is 0 Å². The van der Waals surface area contributed by atoms with E-state index >= 15 is 0 Å². The van der Waals surface area contributed by atoms with Gasteiger partial charge >= 0.3 is 5.97 Å². The lowest BCUT2D eigenvalue weighted by Gasteiger charge is -2.27. The number of azo groups is 1. The summed E-state index contributed by atoms with van der Waals surface area (Å²) in [7, 11) is 1.45. The Balaban J connectivity index is 1.91. The molecule has 2 unspecified atom stereocenters. The van der Waals surface area contributed by atoms with Gasteiger partial charge in [-0.25, -0.2) is 4.79 Å². The van der Waals surface area contributed by atoms with E-state index in [2.05, 4.69) is 10.2 Å². The topological polar surface area (TPSA) is 51.0 Å². The average Bonchev–Trinajstić information content (AvgIpc) is 2.90. The number of fused-ring (bicyclic) bond motifs is 3. The molecule has 0 aromatic rings. The number of hydrogen-bond donors (Lipinski definition) is 0. The SMILES string of the molecule is COC(=O)C1(C)N=NCC12[C@@H]1CCCCC[C@@H]12. The molecule has 0 aromatic carbocycles. The van der Waals surface area contributed by atoms with Crippen LogP contribution < -0.4 is 0 Å². The Bertz CT molecular complexity index is 368. The van der Waals surface area contributed by atoms with E-state index in [1.807, 2.05) is 6.92 Å². The molecule has 94 valence electrons. The normalized spacial score (nSPS) is 47.6. The smallest absolute Gasteiger partial charge is 0.336 e. The quantitative estimate of drug-likeness (QED) is 0.657. The molecule has 1 aliphatic heterocycles. The van der Waals surface area contributed by atoms with E-state index in [9.17, 15) is 4.79 Å². The molecule has 4 heteroatoms. The minimum absolute atomic E-state index is 0.000509. The summed E-state index contributed by atoms with van der Waals surface area (Å²) in [5, 5.41) is 8.46. The maximum Gasteiger partial charge on any atom is 0.336 e. The fourth-order valence-electron chi connectivity index (χ4n) is 4.35.